The summed E-state index contributed by atoms with van der Waals surface area (Å²) in [7, 11) is 0. The highest BCUT2D eigenvalue weighted by molar-refractivity contribution is 5.52. The standard InChI is InChI=1S/C13H17N3/c1-10-7-12(15)5-6-16(10)13-4-2-3-11(8-13)9-14/h2-4,8,10,12H,5-7,15H2,1H3. The number of anilines is 1. The lowest BCUT2D eigenvalue weighted by molar-refractivity contribution is 0.430. The minimum atomic E-state index is 0.324. The molecule has 2 unspecified atom stereocenters. The molecule has 1 saturated heterocycles. The Balaban J connectivity index is 2.20. The summed E-state index contributed by atoms with van der Waals surface area (Å²) in [6.07, 6.45) is 2.05. The average Bonchev–Trinajstić information content (AvgIpc) is 2.29. The van der Waals surface area contributed by atoms with Crippen molar-refractivity contribution in [3.05, 3.63) is 29.8 Å². The monoisotopic (exact) mass is 215 g/mol. The number of rotatable bonds is 1. The van der Waals surface area contributed by atoms with Gasteiger partial charge in [-0.15, -0.1) is 0 Å². The summed E-state index contributed by atoms with van der Waals surface area (Å²) in [4.78, 5) is 2.34. The van der Waals surface area contributed by atoms with Gasteiger partial charge >= 0.3 is 0 Å². The Bertz CT molecular complexity index is 408. The van der Waals surface area contributed by atoms with Crippen molar-refractivity contribution >= 4 is 5.69 Å². The molecule has 2 atom stereocenters. The highest BCUT2D eigenvalue weighted by Gasteiger charge is 2.23. The number of benzene rings is 1. The first-order valence-electron chi connectivity index (χ1n) is 5.73. The molecule has 0 aromatic heterocycles. The van der Waals surface area contributed by atoms with Gasteiger partial charge in [0.2, 0.25) is 0 Å². The van der Waals surface area contributed by atoms with Crippen LogP contribution in [-0.2, 0) is 0 Å². The second-order valence-corrected chi connectivity index (χ2v) is 4.49. The minimum absolute atomic E-state index is 0.324. The third-order valence-corrected chi connectivity index (χ3v) is 3.22. The van der Waals surface area contributed by atoms with Gasteiger partial charge < -0.3 is 10.6 Å². The van der Waals surface area contributed by atoms with E-state index >= 15 is 0 Å². The van der Waals surface area contributed by atoms with Crippen molar-refractivity contribution in [3.63, 3.8) is 0 Å². The van der Waals surface area contributed by atoms with Crippen molar-refractivity contribution < 1.29 is 0 Å². The Morgan fingerprint density at radius 3 is 3.00 bits per heavy atom. The van der Waals surface area contributed by atoms with Gasteiger partial charge in [0.15, 0.2) is 0 Å². The SMILES string of the molecule is CC1CC(N)CCN1c1cccc(C#N)c1. The van der Waals surface area contributed by atoms with Crippen LogP contribution in [-0.4, -0.2) is 18.6 Å². The second kappa shape index (κ2) is 4.54. The van der Waals surface area contributed by atoms with Gasteiger partial charge in [-0.25, -0.2) is 0 Å². The van der Waals surface area contributed by atoms with Gasteiger partial charge in [0, 0.05) is 24.3 Å². The number of nitrogens with two attached hydrogens (primary N) is 1. The molecule has 3 nitrogen and oxygen atoms in total. The average molecular weight is 215 g/mol. The Morgan fingerprint density at radius 2 is 2.31 bits per heavy atom. The molecule has 1 heterocycles. The number of nitriles is 1. The number of hydrogen-bond donors (Lipinski definition) is 1. The smallest absolute Gasteiger partial charge is 0.0992 e. The van der Waals surface area contributed by atoms with E-state index in [1.54, 1.807) is 0 Å². The van der Waals surface area contributed by atoms with E-state index in [4.69, 9.17) is 11.0 Å². The maximum Gasteiger partial charge on any atom is 0.0992 e. The summed E-state index contributed by atoms with van der Waals surface area (Å²) in [6, 6.07) is 10.8. The molecule has 1 aliphatic rings. The van der Waals surface area contributed by atoms with Crippen molar-refractivity contribution in [1.29, 1.82) is 5.26 Å². The highest BCUT2D eigenvalue weighted by Crippen LogP contribution is 2.24. The number of piperidine rings is 1. The summed E-state index contributed by atoms with van der Waals surface area (Å²) in [5.74, 6) is 0. The summed E-state index contributed by atoms with van der Waals surface area (Å²) in [6.45, 7) is 3.18. The quantitative estimate of drug-likeness (QED) is 0.778. The minimum Gasteiger partial charge on any atom is -0.369 e. The molecule has 2 N–H and O–H groups in total. The lowest BCUT2D eigenvalue weighted by atomic mass is 9.98. The molecular weight excluding hydrogens is 198 g/mol. The van der Waals surface area contributed by atoms with Gasteiger partial charge in [0.05, 0.1) is 11.6 Å². The van der Waals surface area contributed by atoms with Crippen molar-refractivity contribution in [3.8, 4) is 6.07 Å². The van der Waals surface area contributed by atoms with Crippen LogP contribution in [0.1, 0.15) is 25.3 Å². The first-order valence-corrected chi connectivity index (χ1v) is 5.73. The highest BCUT2D eigenvalue weighted by atomic mass is 15.2. The molecule has 1 aromatic carbocycles. The van der Waals surface area contributed by atoms with Crippen LogP contribution in [0.15, 0.2) is 24.3 Å². The molecule has 3 heteroatoms. The molecule has 0 bridgehead atoms. The van der Waals surface area contributed by atoms with Crippen LogP contribution in [0.3, 0.4) is 0 Å². The molecule has 0 radical (unpaired) electrons. The van der Waals surface area contributed by atoms with E-state index in [1.165, 1.54) is 0 Å². The van der Waals surface area contributed by atoms with Gasteiger partial charge in [-0.1, -0.05) is 6.07 Å². The lowest BCUT2D eigenvalue weighted by Gasteiger charge is -2.38. The van der Waals surface area contributed by atoms with Crippen molar-refractivity contribution in [2.45, 2.75) is 31.8 Å². The largest absolute Gasteiger partial charge is 0.369 e. The lowest BCUT2D eigenvalue weighted by Crippen LogP contribution is -2.45. The van der Waals surface area contributed by atoms with E-state index in [0.29, 0.717) is 12.1 Å². The van der Waals surface area contributed by atoms with E-state index in [-0.39, 0.29) is 0 Å². The van der Waals surface area contributed by atoms with Crippen molar-refractivity contribution in [2.75, 3.05) is 11.4 Å². The number of nitrogens with zero attached hydrogens (tertiary/aromatic N) is 2. The Hall–Kier alpha value is -1.53. The molecule has 1 aliphatic heterocycles. The summed E-state index contributed by atoms with van der Waals surface area (Å²) in [5.41, 5.74) is 7.80. The predicted molar refractivity (Wildman–Crippen MR) is 65.2 cm³/mol. The Labute approximate surface area is 96.5 Å². The first-order chi connectivity index (χ1) is 7.70. The van der Waals surface area contributed by atoms with Gasteiger partial charge in [0.1, 0.15) is 0 Å². The van der Waals surface area contributed by atoms with Gasteiger partial charge in [-0.3, -0.25) is 0 Å². The fourth-order valence-electron chi connectivity index (χ4n) is 2.35. The zero-order chi connectivity index (χ0) is 11.5. The van der Waals surface area contributed by atoms with Crippen molar-refractivity contribution in [2.24, 2.45) is 5.73 Å². The molecule has 1 aromatic rings. The molecular formula is C13H17N3. The van der Waals surface area contributed by atoms with Crippen LogP contribution in [0.4, 0.5) is 5.69 Å². The molecule has 0 spiro atoms. The Morgan fingerprint density at radius 1 is 1.50 bits per heavy atom. The maximum atomic E-state index is 8.88. The zero-order valence-electron chi connectivity index (χ0n) is 9.56. The normalized spacial score (nSPS) is 25.2. The predicted octanol–water partition coefficient (Wildman–Crippen LogP) is 1.87. The zero-order valence-corrected chi connectivity index (χ0v) is 9.56. The van der Waals surface area contributed by atoms with Crippen LogP contribution < -0.4 is 10.6 Å². The van der Waals surface area contributed by atoms with E-state index in [9.17, 15) is 0 Å². The van der Waals surface area contributed by atoms with Crippen LogP contribution in [0.5, 0.6) is 0 Å². The third kappa shape index (κ3) is 2.17. The molecule has 1 fully saturated rings. The van der Waals surface area contributed by atoms with E-state index < -0.39 is 0 Å². The summed E-state index contributed by atoms with van der Waals surface area (Å²) < 4.78 is 0. The van der Waals surface area contributed by atoms with Gasteiger partial charge in [0.25, 0.3) is 0 Å². The molecule has 2 rings (SSSR count). The van der Waals surface area contributed by atoms with Crippen LogP contribution >= 0.6 is 0 Å². The first kappa shape index (κ1) is 11.0. The van der Waals surface area contributed by atoms with E-state index in [2.05, 4.69) is 24.0 Å². The van der Waals surface area contributed by atoms with Crippen LogP contribution in [0.25, 0.3) is 0 Å². The molecule has 84 valence electrons. The molecule has 0 saturated carbocycles. The fraction of sp³-hybridized carbons (Fsp3) is 0.462. The van der Waals surface area contributed by atoms with E-state index in [1.807, 2.05) is 18.2 Å². The van der Waals surface area contributed by atoms with Gasteiger partial charge in [-0.2, -0.15) is 5.26 Å². The Kier molecular flexibility index (Phi) is 3.12. The van der Waals surface area contributed by atoms with Crippen molar-refractivity contribution in [1.82, 2.24) is 0 Å². The maximum absolute atomic E-state index is 8.88. The third-order valence-electron chi connectivity index (χ3n) is 3.22. The molecule has 0 aliphatic carbocycles. The fourth-order valence-corrected chi connectivity index (χ4v) is 2.35. The van der Waals surface area contributed by atoms with E-state index in [0.717, 1.165) is 30.6 Å². The number of hydrogen-bond acceptors (Lipinski definition) is 3. The second-order valence-electron chi connectivity index (χ2n) is 4.49. The molecule has 16 heavy (non-hydrogen) atoms. The summed E-state index contributed by atoms with van der Waals surface area (Å²) >= 11 is 0. The summed E-state index contributed by atoms with van der Waals surface area (Å²) in [5, 5.41) is 8.88. The van der Waals surface area contributed by atoms with Gasteiger partial charge in [-0.05, 0) is 38.0 Å². The topological polar surface area (TPSA) is 53.0 Å². The molecule has 0 amide bonds. The van der Waals surface area contributed by atoms with Crippen LogP contribution in [0.2, 0.25) is 0 Å². The van der Waals surface area contributed by atoms with Crippen LogP contribution in [0, 0.1) is 11.3 Å².